The van der Waals surface area contributed by atoms with Crippen LogP contribution in [-0.2, 0) is 0 Å². The summed E-state index contributed by atoms with van der Waals surface area (Å²) in [7, 11) is 0. The highest BCUT2D eigenvalue weighted by atomic mass is 32.1. The van der Waals surface area contributed by atoms with Gasteiger partial charge in [-0.3, -0.25) is 0 Å². The summed E-state index contributed by atoms with van der Waals surface area (Å²) < 4.78 is 0. The highest BCUT2D eigenvalue weighted by Crippen LogP contribution is 2.21. The van der Waals surface area contributed by atoms with Gasteiger partial charge in [-0.2, -0.15) is 0 Å². The van der Waals surface area contributed by atoms with Gasteiger partial charge >= 0.3 is 6.03 Å². The van der Waals surface area contributed by atoms with E-state index >= 15 is 0 Å². The molecule has 0 spiro atoms. The molecule has 1 heterocycles. The van der Waals surface area contributed by atoms with Gasteiger partial charge in [-0.25, -0.2) is 9.78 Å². The Kier molecular flexibility index (Phi) is 7.43. The molecule has 0 fully saturated rings. The topological polar surface area (TPSA) is 74.2 Å². The van der Waals surface area contributed by atoms with Crippen molar-refractivity contribution < 1.29 is 9.90 Å². The number of aryl methyl sites for hydroxylation is 1. The van der Waals surface area contributed by atoms with Crippen molar-refractivity contribution in [2.24, 2.45) is 0 Å². The average molecular weight is 285 g/mol. The molecule has 1 aromatic heterocycles. The van der Waals surface area contributed by atoms with Crippen LogP contribution in [0.25, 0.3) is 0 Å². The average Bonchev–Trinajstić information content (AvgIpc) is 2.80. The summed E-state index contributed by atoms with van der Waals surface area (Å²) in [6.07, 6.45) is 3.59. The Hall–Kier alpha value is -1.14. The Bertz CT molecular complexity index is 382. The van der Waals surface area contributed by atoms with Crippen molar-refractivity contribution in [2.45, 2.75) is 45.6 Å². The molecule has 0 saturated heterocycles. The summed E-state index contributed by atoms with van der Waals surface area (Å²) in [4.78, 5) is 16.1. The van der Waals surface area contributed by atoms with Crippen LogP contribution in [-0.4, -0.2) is 29.3 Å². The van der Waals surface area contributed by atoms with E-state index in [-0.39, 0.29) is 18.7 Å². The molecule has 108 valence electrons. The molecule has 6 heteroatoms. The van der Waals surface area contributed by atoms with E-state index in [4.69, 9.17) is 5.11 Å². The molecular formula is C13H23N3O2S. The SMILES string of the molecule is CCNC(=O)NC(CCCCCO)c1csc(C)n1. The number of aliphatic hydroxyl groups excluding tert-OH is 1. The van der Waals surface area contributed by atoms with Gasteiger partial charge in [0.1, 0.15) is 0 Å². The number of unbranched alkanes of at least 4 members (excludes halogenated alkanes) is 2. The van der Waals surface area contributed by atoms with Gasteiger partial charge in [0.05, 0.1) is 16.7 Å². The molecule has 0 aliphatic rings. The largest absolute Gasteiger partial charge is 0.396 e. The fraction of sp³-hybridized carbons (Fsp3) is 0.692. The molecule has 0 saturated carbocycles. The van der Waals surface area contributed by atoms with Crippen LogP contribution in [0.5, 0.6) is 0 Å². The highest BCUT2D eigenvalue weighted by molar-refractivity contribution is 7.09. The van der Waals surface area contributed by atoms with Crippen LogP contribution in [0.3, 0.4) is 0 Å². The summed E-state index contributed by atoms with van der Waals surface area (Å²) in [5.41, 5.74) is 0.928. The Morgan fingerprint density at radius 1 is 1.47 bits per heavy atom. The summed E-state index contributed by atoms with van der Waals surface area (Å²) in [6, 6.07) is -0.199. The number of nitrogens with zero attached hydrogens (tertiary/aromatic N) is 1. The van der Waals surface area contributed by atoms with Gasteiger partial charge in [-0.05, 0) is 26.7 Å². The number of hydrogen-bond acceptors (Lipinski definition) is 4. The monoisotopic (exact) mass is 285 g/mol. The van der Waals surface area contributed by atoms with Crippen LogP contribution in [0.2, 0.25) is 0 Å². The lowest BCUT2D eigenvalue weighted by molar-refractivity contribution is 0.236. The van der Waals surface area contributed by atoms with Crippen LogP contribution in [0.1, 0.15) is 49.4 Å². The number of aliphatic hydroxyl groups is 1. The molecule has 1 rings (SSSR count). The molecule has 1 atom stereocenters. The molecular weight excluding hydrogens is 262 g/mol. The maximum Gasteiger partial charge on any atom is 0.315 e. The highest BCUT2D eigenvalue weighted by Gasteiger charge is 2.16. The first kappa shape index (κ1) is 15.9. The molecule has 1 unspecified atom stereocenters. The Morgan fingerprint density at radius 2 is 2.26 bits per heavy atom. The van der Waals surface area contributed by atoms with E-state index < -0.39 is 0 Å². The van der Waals surface area contributed by atoms with E-state index in [0.29, 0.717) is 6.54 Å². The summed E-state index contributed by atoms with van der Waals surface area (Å²) in [5.74, 6) is 0. The zero-order valence-corrected chi connectivity index (χ0v) is 12.4. The van der Waals surface area contributed by atoms with E-state index in [2.05, 4.69) is 15.6 Å². The van der Waals surface area contributed by atoms with Gasteiger partial charge in [0, 0.05) is 18.5 Å². The second kappa shape index (κ2) is 8.87. The summed E-state index contributed by atoms with van der Waals surface area (Å²) >= 11 is 1.59. The number of carbonyl (C=O) groups is 1. The van der Waals surface area contributed by atoms with Crippen molar-refractivity contribution in [3.8, 4) is 0 Å². The maximum absolute atomic E-state index is 11.6. The van der Waals surface area contributed by atoms with Crippen LogP contribution in [0, 0.1) is 6.92 Å². The molecule has 2 amide bonds. The molecule has 19 heavy (non-hydrogen) atoms. The fourth-order valence-corrected chi connectivity index (χ4v) is 2.51. The minimum atomic E-state index is -0.152. The molecule has 0 radical (unpaired) electrons. The van der Waals surface area contributed by atoms with Crippen molar-refractivity contribution in [2.75, 3.05) is 13.2 Å². The van der Waals surface area contributed by atoms with E-state index in [1.165, 1.54) is 0 Å². The lowest BCUT2D eigenvalue weighted by Gasteiger charge is -2.17. The van der Waals surface area contributed by atoms with Gasteiger partial charge in [0.2, 0.25) is 0 Å². The fourth-order valence-electron chi connectivity index (χ4n) is 1.84. The van der Waals surface area contributed by atoms with Crippen molar-refractivity contribution >= 4 is 17.4 Å². The molecule has 1 aromatic rings. The molecule has 0 aliphatic carbocycles. The first-order valence-corrected chi connectivity index (χ1v) is 7.62. The summed E-state index contributed by atoms with van der Waals surface area (Å²) in [5, 5.41) is 17.5. The number of hydrogen-bond donors (Lipinski definition) is 3. The van der Waals surface area contributed by atoms with Gasteiger partial charge in [-0.15, -0.1) is 11.3 Å². The number of nitrogens with one attached hydrogen (secondary N) is 2. The Labute approximate surface area is 118 Å². The van der Waals surface area contributed by atoms with Gasteiger partial charge < -0.3 is 15.7 Å². The number of urea groups is 1. The van der Waals surface area contributed by atoms with Crippen molar-refractivity contribution in [3.63, 3.8) is 0 Å². The third-order valence-corrected chi connectivity index (χ3v) is 3.58. The third-order valence-electron chi connectivity index (χ3n) is 2.79. The quantitative estimate of drug-likeness (QED) is 0.642. The maximum atomic E-state index is 11.6. The number of aromatic nitrogens is 1. The number of carbonyl (C=O) groups excluding carboxylic acids is 1. The van der Waals surface area contributed by atoms with Crippen molar-refractivity contribution in [1.29, 1.82) is 0 Å². The molecule has 5 nitrogen and oxygen atoms in total. The van der Waals surface area contributed by atoms with E-state index in [1.807, 2.05) is 19.2 Å². The molecule has 0 bridgehead atoms. The molecule has 0 aliphatic heterocycles. The normalized spacial score (nSPS) is 12.2. The van der Waals surface area contributed by atoms with E-state index in [0.717, 1.165) is 36.4 Å². The number of amides is 2. The standard InChI is InChI=1S/C13H23N3O2S/c1-3-14-13(18)16-11(7-5-4-6-8-17)12-9-19-10(2)15-12/h9,11,17H,3-8H2,1-2H3,(H2,14,16,18). The Morgan fingerprint density at radius 3 is 2.84 bits per heavy atom. The van der Waals surface area contributed by atoms with Crippen LogP contribution in [0.4, 0.5) is 4.79 Å². The second-order valence-electron chi connectivity index (χ2n) is 4.42. The first-order valence-electron chi connectivity index (χ1n) is 6.74. The van der Waals surface area contributed by atoms with E-state index in [9.17, 15) is 4.79 Å². The zero-order chi connectivity index (χ0) is 14.1. The van der Waals surface area contributed by atoms with Gasteiger partial charge in [0.25, 0.3) is 0 Å². The predicted molar refractivity (Wildman–Crippen MR) is 77.4 cm³/mol. The summed E-state index contributed by atoms with van der Waals surface area (Å²) in [6.45, 7) is 4.69. The zero-order valence-electron chi connectivity index (χ0n) is 11.6. The van der Waals surface area contributed by atoms with Crippen LogP contribution in [0.15, 0.2) is 5.38 Å². The second-order valence-corrected chi connectivity index (χ2v) is 5.48. The molecule has 0 aromatic carbocycles. The first-order chi connectivity index (χ1) is 9.17. The number of thiazole rings is 1. The number of rotatable bonds is 8. The van der Waals surface area contributed by atoms with Crippen molar-refractivity contribution in [3.05, 3.63) is 16.1 Å². The minimum absolute atomic E-state index is 0.0461. The Balaban J connectivity index is 2.54. The van der Waals surface area contributed by atoms with Crippen LogP contribution < -0.4 is 10.6 Å². The van der Waals surface area contributed by atoms with Gasteiger partial charge in [-0.1, -0.05) is 12.8 Å². The molecule has 3 N–H and O–H groups in total. The lowest BCUT2D eigenvalue weighted by Crippen LogP contribution is -2.38. The predicted octanol–water partition coefficient (Wildman–Crippen LogP) is 2.36. The lowest BCUT2D eigenvalue weighted by atomic mass is 10.1. The third kappa shape index (κ3) is 6.02. The van der Waals surface area contributed by atoms with E-state index in [1.54, 1.807) is 11.3 Å². The van der Waals surface area contributed by atoms with Gasteiger partial charge in [0.15, 0.2) is 0 Å². The smallest absolute Gasteiger partial charge is 0.315 e. The van der Waals surface area contributed by atoms with Crippen LogP contribution >= 0.6 is 11.3 Å². The minimum Gasteiger partial charge on any atom is -0.396 e. The van der Waals surface area contributed by atoms with Crippen molar-refractivity contribution in [1.82, 2.24) is 15.6 Å².